The second-order valence-corrected chi connectivity index (χ2v) is 3.06. The number of allylic oxidation sites excluding steroid dienone is 1. The third-order valence-electron chi connectivity index (χ3n) is 1.24. The third-order valence-corrected chi connectivity index (χ3v) is 1.42. The van der Waals surface area contributed by atoms with Gasteiger partial charge in [-0.1, -0.05) is 11.6 Å². The van der Waals surface area contributed by atoms with Gasteiger partial charge in [0.15, 0.2) is 0 Å². The van der Waals surface area contributed by atoms with Gasteiger partial charge in [0.1, 0.15) is 5.70 Å². The molecule has 4 heteroatoms. The van der Waals surface area contributed by atoms with Gasteiger partial charge >= 0.3 is 5.97 Å². The molecule has 0 fully saturated rings. The van der Waals surface area contributed by atoms with Crippen molar-refractivity contribution in [1.82, 2.24) is 4.90 Å². The van der Waals surface area contributed by atoms with E-state index >= 15 is 0 Å². The summed E-state index contributed by atoms with van der Waals surface area (Å²) in [5.41, 5.74) is 0.401. The summed E-state index contributed by atoms with van der Waals surface area (Å²) in [5.74, 6) is -0.380. The van der Waals surface area contributed by atoms with E-state index in [1.54, 1.807) is 32.8 Å². The average Bonchev–Trinajstić information content (AvgIpc) is 1.85. The van der Waals surface area contributed by atoms with Gasteiger partial charge in [-0.3, -0.25) is 0 Å². The van der Waals surface area contributed by atoms with Gasteiger partial charge in [0.25, 0.3) is 0 Å². The van der Waals surface area contributed by atoms with Gasteiger partial charge in [-0.25, -0.2) is 4.79 Å². The van der Waals surface area contributed by atoms with Crippen molar-refractivity contribution in [3.63, 3.8) is 0 Å². The summed E-state index contributed by atoms with van der Waals surface area (Å²) in [6.07, 6.45) is 0. The molecule has 70 valence electrons. The van der Waals surface area contributed by atoms with E-state index in [-0.39, 0.29) is 5.97 Å². The molecule has 3 nitrogen and oxygen atoms in total. The maximum atomic E-state index is 11.2. The van der Waals surface area contributed by atoms with Crippen LogP contribution in [0.3, 0.4) is 0 Å². The highest BCUT2D eigenvalue weighted by molar-refractivity contribution is 6.31. The van der Waals surface area contributed by atoms with Crippen LogP contribution >= 0.6 is 11.6 Å². The topological polar surface area (TPSA) is 29.5 Å². The van der Waals surface area contributed by atoms with Crippen LogP contribution in [-0.4, -0.2) is 31.6 Å². The van der Waals surface area contributed by atoms with E-state index in [4.69, 9.17) is 16.3 Å². The Labute approximate surface area is 77.9 Å². The summed E-state index contributed by atoms with van der Waals surface area (Å²) in [4.78, 5) is 12.9. The van der Waals surface area contributed by atoms with Crippen LogP contribution in [0.5, 0.6) is 0 Å². The maximum absolute atomic E-state index is 11.2. The predicted molar refractivity (Wildman–Crippen MR) is 48.9 cm³/mol. The normalized spacial score (nSPS) is 12.1. The van der Waals surface area contributed by atoms with Gasteiger partial charge in [0, 0.05) is 19.1 Å². The summed E-state index contributed by atoms with van der Waals surface area (Å²) < 4.78 is 4.80. The fourth-order valence-corrected chi connectivity index (χ4v) is 1.08. The number of carbonyl (C=O) groups excluding carboxylic acids is 1. The lowest BCUT2D eigenvalue weighted by atomic mass is 10.4. The standard InChI is InChI=1S/C8H14ClNO2/c1-5-12-8(11)7(6(2)9)10(3)4/h5H2,1-4H3. The van der Waals surface area contributed by atoms with Crippen molar-refractivity contribution in [2.75, 3.05) is 20.7 Å². The smallest absolute Gasteiger partial charge is 0.355 e. The minimum atomic E-state index is -0.380. The molecular weight excluding hydrogens is 178 g/mol. The molecule has 0 aliphatic carbocycles. The van der Waals surface area contributed by atoms with Crippen molar-refractivity contribution in [1.29, 1.82) is 0 Å². The minimum Gasteiger partial charge on any atom is -0.461 e. The van der Waals surface area contributed by atoms with Gasteiger partial charge < -0.3 is 9.64 Å². The molecule has 0 rings (SSSR count). The lowest BCUT2D eigenvalue weighted by molar-refractivity contribution is -0.140. The highest BCUT2D eigenvalue weighted by Gasteiger charge is 2.14. The largest absolute Gasteiger partial charge is 0.461 e. The number of carbonyl (C=O) groups is 1. The van der Waals surface area contributed by atoms with Crippen molar-refractivity contribution in [3.05, 3.63) is 10.7 Å². The van der Waals surface area contributed by atoms with Gasteiger partial charge in [0.05, 0.1) is 6.61 Å². The Morgan fingerprint density at radius 3 is 2.25 bits per heavy atom. The fourth-order valence-electron chi connectivity index (χ4n) is 0.831. The molecule has 0 atom stereocenters. The van der Waals surface area contributed by atoms with Crippen LogP contribution in [-0.2, 0) is 9.53 Å². The van der Waals surface area contributed by atoms with Crippen molar-refractivity contribution < 1.29 is 9.53 Å². The number of ether oxygens (including phenoxy) is 1. The monoisotopic (exact) mass is 191 g/mol. The Morgan fingerprint density at radius 2 is 2.00 bits per heavy atom. The summed E-state index contributed by atoms with van der Waals surface area (Å²) >= 11 is 5.71. The number of hydrogen-bond donors (Lipinski definition) is 0. The molecule has 12 heavy (non-hydrogen) atoms. The van der Waals surface area contributed by atoms with Crippen molar-refractivity contribution in [2.24, 2.45) is 0 Å². The maximum Gasteiger partial charge on any atom is 0.355 e. The number of rotatable bonds is 3. The molecule has 0 radical (unpaired) electrons. The Bertz CT molecular complexity index is 195. The van der Waals surface area contributed by atoms with Crippen LogP contribution in [0.1, 0.15) is 13.8 Å². The lowest BCUT2D eigenvalue weighted by Crippen LogP contribution is -2.22. The van der Waals surface area contributed by atoms with Crippen LogP contribution in [0.2, 0.25) is 0 Å². The van der Waals surface area contributed by atoms with Gasteiger partial charge in [0.2, 0.25) is 0 Å². The molecule has 0 aliphatic rings. The van der Waals surface area contributed by atoms with Gasteiger partial charge in [-0.15, -0.1) is 0 Å². The second kappa shape index (κ2) is 5.04. The van der Waals surface area contributed by atoms with E-state index in [1.165, 1.54) is 0 Å². The number of esters is 1. The van der Waals surface area contributed by atoms with Gasteiger partial charge in [-0.05, 0) is 13.8 Å². The molecule has 0 saturated heterocycles. The minimum absolute atomic E-state index is 0.361. The van der Waals surface area contributed by atoms with Gasteiger partial charge in [-0.2, -0.15) is 0 Å². The van der Waals surface area contributed by atoms with E-state index in [1.807, 2.05) is 0 Å². The number of halogens is 1. The SMILES string of the molecule is CCOC(=O)C(=C(C)Cl)N(C)C. The molecule has 0 spiro atoms. The highest BCUT2D eigenvalue weighted by atomic mass is 35.5. The molecule has 0 aliphatic heterocycles. The van der Waals surface area contributed by atoms with Crippen LogP contribution < -0.4 is 0 Å². The van der Waals surface area contributed by atoms with E-state index in [0.29, 0.717) is 17.3 Å². The predicted octanol–water partition coefficient (Wildman–Crippen LogP) is 1.58. The van der Waals surface area contributed by atoms with Crippen LogP contribution in [0.15, 0.2) is 10.7 Å². The molecular formula is C8H14ClNO2. The zero-order valence-electron chi connectivity index (χ0n) is 7.85. The average molecular weight is 192 g/mol. The first kappa shape index (κ1) is 11.3. The molecule has 0 heterocycles. The van der Waals surface area contributed by atoms with Crippen LogP contribution in [0.4, 0.5) is 0 Å². The summed E-state index contributed by atoms with van der Waals surface area (Å²) in [6, 6.07) is 0. The van der Waals surface area contributed by atoms with E-state index in [9.17, 15) is 4.79 Å². The molecule has 0 aromatic heterocycles. The molecule has 0 aromatic rings. The molecule has 0 bridgehead atoms. The Balaban J connectivity index is 4.55. The Hall–Kier alpha value is -0.700. The highest BCUT2D eigenvalue weighted by Crippen LogP contribution is 2.12. The molecule has 0 amide bonds. The lowest BCUT2D eigenvalue weighted by Gasteiger charge is -2.16. The summed E-state index contributed by atoms with van der Waals surface area (Å²) in [6.45, 7) is 3.78. The number of hydrogen-bond acceptors (Lipinski definition) is 3. The Kier molecular flexibility index (Phi) is 4.74. The molecule has 0 unspecified atom stereocenters. The summed E-state index contributed by atoms with van der Waals surface area (Å²) in [7, 11) is 3.50. The van der Waals surface area contributed by atoms with Crippen molar-refractivity contribution >= 4 is 17.6 Å². The number of nitrogens with zero attached hydrogens (tertiary/aromatic N) is 1. The summed E-state index contributed by atoms with van der Waals surface area (Å²) in [5, 5.41) is 0.443. The molecule has 0 aromatic carbocycles. The molecule has 0 saturated carbocycles. The van der Waals surface area contributed by atoms with E-state index < -0.39 is 0 Å². The quantitative estimate of drug-likeness (QED) is 0.501. The zero-order valence-corrected chi connectivity index (χ0v) is 8.60. The van der Waals surface area contributed by atoms with E-state index in [0.717, 1.165) is 0 Å². The molecule has 0 N–H and O–H groups in total. The first-order valence-corrected chi connectivity index (χ1v) is 4.09. The third kappa shape index (κ3) is 3.13. The first-order chi connectivity index (χ1) is 5.50. The second-order valence-electron chi connectivity index (χ2n) is 2.50. The van der Waals surface area contributed by atoms with Crippen LogP contribution in [0.25, 0.3) is 0 Å². The van der Waals surface area contributed by atoms with E-state index in [2.05, 4.69) is 0 Å². The number of likely N-dealkylation sites (N-methyl/N-ethyl adjacent to an activating group) is 1. The first-order valence-electron chi connectivity index (χ1n) is 3.71. The van der Waals surface area contributed by atoms with Crippen LogP contribution in [0, 0.1) is 0 Å². The van der Waals surface area contributed by atoms with Crippen molar-refractivity contribution in [3.8, 4) is 0 Å². The Morgan fingerprint density at radius 1 is 1.50 bits per heavy atom. The fraction of sp³-hybridized carbons (Fsp3) is 0.625. The van der Waals surface area contributed by atoms with Crippen molar-refractivity contribution in [2.45, 2.75) is 13.8 Å². The zero-order chi connectivity index (χ0) is 9.72.